The van der Waals surface area contributed by atoms with Crippen molar-refractivity contribution in [2.45, 2.75) is 46.6 Å². The molecule has 1 aromatic rings. The van der Waals surface area contributed by atoms with E-state index in [4.69, 9.17) is 4.74 Å². The Kier molecular flexibility index (Phi) is 8.60. The van der Waals surface area contributed by atoms with E-state index in [0.717, 1.165) is 31.7 Å². The van der Waals surface area contributed by atoms with Crippen molar-refractivity contribution >= 4 is 5.91 Å². The number of rotatable bonds is 10. The minimum absolute atomic E-state index is 0.0204. The first-order valence-electron chi connectivity index (χ1n) is 8.33. The minimum atomic E-state index is -0.0204. The van der Waals surface area contributed by atoms with Gasteiger partial charge in [-0.15, -0.1) is 0 Å². The minimum Gasteiger partial charge on any atom is -0.494 e. The number of likely N-dealkylation sites (N-methyl/N-ethyl adjacent to an activating group) is 1. The van der Waals surface area contributed by atoms with Crippen LogP contribution < -0.4 is 10.1 Å². The fourth-order valence-electron chi connectivity index (χ4n) is 2.50. The lowest BCUT2D eigenvalue weighted by atomic mass is 10.1. The number of amides is 1. The van der Waals surface area contributed by atoms with Crippen molar-refractivity contribution in [2.75, 3.05) is 26.2 Å². The first-order chi connectivity index (χ1) is 10.6. The SMILES string of the molecule is CC[C@@H](C(=O)NCCCOc1ccc(C)cc1)N(CC)CC. The summed E-state index contributed by atoms with van der Waals surface area (Å²) in [6, 6.07) is 8.00. The molecule has 0 saturated carbocycles. The van der Waals surface area contributed by atoms with Crippen molar-refractivity contribution in [2.24, 2.45) is 0 Å². The second-order valence-corrected chi connectivity index (χ2v) is 5.45. The van der Waals surface area contributed by atoms with Gasteiger partial charge in [0.15, 0.2) is 0 Å². The Hall–Kier alpha value is -1.55. The zero-order valence-electron chi connectivity index (χ0n) is 14.4. The van der Waals surface area contributed by atoms with E-state index in [-0.39, 0.29) is 11.9 Å². The maximum atomic E-state index is 12.2. The Morgan fingerprint density at radius 3 is 2.36 bits per heavy atom. The van der Waals surface area contributed by atoms with Gasteiger partial charge >= 0.3 is 0 Å². The van der Waals surface area contributed by atoms with E-state index in [1.165, 1.54) is 5.56 Å². The predicted molar refractivity (Wildman–Crippen MR) is 91.3 cm³/mol. The summed E-state index contributed by atoms with van der Waals surface area (Å²) in [5.41, 5.74) is 1.22. The Morgan fingerprint density at radius 2 is 1.82 bits per heavy atom. The highest BCUT2D eigenvalue weighted by Crippen LogP contribution is 2.11. The monoisotopic (exact) mass is 306 g/mol. The molecule has 0 radical (unpaired) electrons. The molecule has 4 nitrogen and oxygen atoms in total. The van der Waals surface area contributed by atoms with Crippen LogP contribution in [0.1, 0.15) is 39.2 Å². The van der Waals surface area contributed by atoms with Gasteiger partial charge in [0.25, 0.3) is 0 Å². The molecule has 0 fully saturated rings. The lowest BCUT2D eigenvalue weighted by molar-refractivity contribution is -0.126. The van der Waals surface area contributed by atoms with Gasteiger partial charge in [0.2, 0.25) is 5.91 Å². The second kappa shape index (κ2) is 10.2. The van der Waals surface area contributed by atoms with Crippen molar-refractivity contribution in [1.82, 2.24) is 10.2 Å². The van der Waals surface area contributed by atoms with Gasteiger partial charge in [0, 0.05) is 6.54 Å². The summed E-state index contributed by atoms with van der Waals surface area (Å²) < 4.78 is 5.66. The standard InChI is InChI=1S/C18H30N2O2/c1-5-17(20(6-2)7-3)18(21)19-13-8-14-22-16-11-9-15(4)10-12-16/h9-12,17H,5-8,13-14H2,1-4H3,(H,19,21)/t17-/m0/s1. The van der Waals surface area contributed by atoms with Gasteiger partial charge in [0.05, 0.1) is 12.6 Å². The fraction of sp³-hybridized carbons (Fsp3) is 0.611. The Labute approximate surface area is 134 Å². The normalized spacial score (nSPS) is 12.2. The Bertz CT molecular complexity index is 427. The van der Waals surface area contributed by atoms with Gasteiger partial charge in [-0.1, -0.05) is 38.5 Å². The van der Waals surface area contributed by atoms with Gasteiger partial charge in [0.1, 0.15) is 5.75 Å². The summed E-state index contributed by atoms with van der Waals surface area (Å²) in [5, 5.41) is 3.02. The van der Waals surface area contributed by atoms with E-state index in [1.807, 2.05) is 24.3 Å². The molecular formula is C18H30N2O2. The van der Waals surface area contributed by atoms with Crippen molar-refractivity contribution in [3.63, 3.8) is 0 Å². The lowest BCUT2D eigenvalue weighted by Crippen LogP contribution is -2.46. The average molecular weight is 306 g/mol. The Balaban J connectivity index is 2.25. The number of carbonyl (C=O) groups excluding carboxylic acids is 1. The lowest BCUT2D eigenvalue weighted by Gasteiger charge is -2.27. The van der Waals surface area contributed by atoms with Crippen LogP contribution in [0.15, 0.2) is 24.3 Å². The van der Waals surface area contributed by atoms with E-state index < -0.39 is 0 Å². The summed E-state index contributed by atoms with van der Waals surface area (Å²) in [6.07, 6.45) is 1.65. The molecule has 1 N–H and O–H groups in total. The first-order valence-corrected chi connectivity index (χ1v) is 8.33. The third-order valence-electron chi connectivity index (χ3n) is 3.85. The van der Waals surface area contributed by atoms with Gasteiger partial charge < -0.3 is 10.1 Å². The van der Waals surface area contributed by atoms with Crippen LogP contribution in [0.25, 0.3) is 0 Å². The third kappa shape index (κ3) is 6.06. The molecule has 1 aromatic carbocycles. The fourth-order valence-corrected chi connectivity index (χ4v) is 2.50. The molecule has 1 atom stereocenters. The van der Waals surface area contributed by atoms with Crippen molar-refractivity contribution in [1.29, 1.82) is 0 Å². The van der Waals surface area contributed by atoms with Crippen LogP contribution in [-0.2, 0) is 4.79 Å². The molecule has 0 unspecified atom stereocenters. The molecule has 0 aliphatic carbocycles. The Morgan fingerprint density at radius 1 is 1.18 bits per heavy atom. The highest BCUT2D eigenvalue weighted by molar-refractivity contribution is 5.81. The molecule has 0 aliphatic rings. The molecule has 22 heavy (non-hydrogen) atoms. The number of aryl methyl sites for hydroxylation is 1. The van der Waals surface area contributed by atoms with Gasteiger partial charge in [-0.05, 0) is 45.0 Å². The summed E-state index contributed by atoms with van der Waals surface area (Å²) in [4.78, 5) is 14.4. The topological polar surface area (TPSA) is 41.6 Å². The molecule has 0 heterocycles. The van der Waals surface area contributed by atoms with Crippen LogP contribution in [0.2, 0.25) is 0 Å². The molecule has 0 spiro atoms. The van der Waals surface area contributed by atoms with Crippen LogP contribution in [0, 0.1) is 6.92 Å². The number of nitrogens with one attached hydrogen (secondary N) is 1. The zero-order chi connectivity index (χ0) is 16.4. The molecular weight excluding hydrogens is 276 g/mol. The van der Waals surface area contributed by atoms with Crippen molar-refractivity contribution < 1.29 is 9.53 Å². The van der Waals surface area contributed by atoms with E-state index in [0.29, 0.717) is 13.2 Å². The predicted octanol–water partition coefficient (Wildman–Crippen LogP) is 3.00. The van der Waals surface area contributed by atoms with Crippen LogP contribution in [0.5, 0.6) is 5.75 Å². The highest BCUT2D eigenvalue weighted by Gasteiger charge is 2.21. The number of benzene rings is 1. The quantitative estimate of drug-likeness (QED) is 0.676. The smallest absolute Gasteiger partial charge is 0.237 e. The molecule has 1 amide bonds. The van der Waals surface area contributed by atoms with Gasteiger partial charge in [-0.3, -0.25) is 9.69 Å². The summed E-state index contributed by atoms with van der Waals surface area (Å²) >= 11 is 0. The third-order valence-corrected chi connectivity index (χ3v) is 3.85. The summed E-state index contributed by atoms with van der Waals surface area (Å²) in [7, 11) is 0. The number of nitrogens with zero attached hydrogens (tertiary/aromatic N) is 1. The molecule has 0 aliphatic heterocycles. The highest BCUT2D eigenvalue weighted by atomic mass is 16.5. The molecule has 1 rings (SSSR count). The molecule has 4 heteroatoms. The van der Waals surface area contributed by atoms with Gasteiger partial charge in [-0.25, -0.2) is 0 Å². The zero-order valence-corrected chi connectivity index (χ0v) is 14.4. The van der Waals surface area contributed by atoms with Crippen LogP contribution in [0.4, 0.5) is 0 Å². The second-order valence-electron chi connectivity index (χ2n) is 5.45. The first kappa shape index (κ1) is 18.5. The van der Waals surface area contributed by atoms with E-state index >= 15 is 0 Å². The van der Waals surface area contributed by atoms with Crippen LogP contribution in [0.3, 0.4) is 0 Å². The number of hydrogen-bond acceptors (Lipinski definition) is 3. The van der Waals surface area contributed by atoms with Crippen molar-refractivity contribution in [3.05, 3.63) is 29.8 Å². The number of carbonyl (C=O) groups is 1. The summed E-state index contributed by atoms with van der Waals surface area (Å²) in [6.45, 7) is 11.4. The average Bonchev–Trinajstić information content (AvgIpc) is 2.53. The maximum Gasteiger partial charge on any atom is 0.237 e. The maximum absolute atomic E-state index is 12.2. The van der Waals surface area contributed by atoms with E-state index in [2.05, 4.69) is 37.9 Å². The molecule has 0 bridgehead atoms. The van der Waals surface area contributed by atoms with Gasteiger partial charge in [-0.2, -0.15) is 0 Å². The largest absolute Gasteiger partial charge is 0.494 e. The summed E-state index contributed by atoms with van der Waals surface area (Å²) in [5.74, 6) is 1.01. The molecule has 0 aromatic heterocycles. The molecule has 0 saturated heterocycles. The molecule has 124 valence electrons. The number of hydrogen-bond donors (Lipinski definition) is 1. The van der Waals surface area contributed by atoms with E-state index in [1.54, 1.807) is 0 Å². The van der Waals surface area contributed by atoms with Crippen molar-refractivity contribution in [3.8, 4) is 5.75 Å². The van der Waals surface area contributed by atoms with Crippen LogP contribution in [-0.4, -0.2) is 43.1 Å². The van der Waals surface area contributed by atoms with Crippen LogP contribution >= 0.6 is 0 Å². The number of ether oxygens (including phenoxy) is 1. The van der Waals surface area contributed by atoms with E-state index in [9.17, 15) is 4.79 Å².